The lowest BCUT2D eigenvalue weighted by molar-refractivity contribution is -0.119. The van der Waals surface area contributed by atoms with Crippen molar-refractivity contribution in [2.75, 3.05) is 28.4 Å². The Bertz CT molecular complexity index is 803. The minimum absolute atomic E-state index is 0.0861. The van der Waals surface area contributed by atoms with Gasteiger partial charge in [-0.1, -0.05) is 0 Å². The Morgan fingerprint density at radius 3 is 2.38 bits per heavy atom. The molecule has 160 valence electrons. The minimum atomic E-state index is -0.628. The lowest BCUT2D eigenvalue weighted by Crippen LogP contribution is -2.37. The second-order valence-corrected chi connectivity index (χ2v) is 7.56. The van der Waals surface area contributed by atoms with Crippen molar-refractivity contribution < 1.29 is 28.8 Å². The topological polar surface area (TPSA) is 86.2 Å². The highest BCUT2D eigenvalue weighted by Gasteiger charge is 2.35. The van der Waals surface area contributed by atoms with Gasteiger partial charge in [0, 0.05) is 19.6 Å². The van der Waals surface area contributed by atoms with E-state index < -0.39 is 6.10 Å². The fourth-order valence-corrected chi connectivity index (χ4v) is 4.65. The monoisotopic (exact) mass is 405 g/mol. The van der Waals surface area contributed by atoms with Crippen LogP contribution in [0.2, 0.25) is 0 Å². The maximum Gasteiger partial charge on any atom is 0.217 e. The molecule has 1 aromatic carbocycles. The van der Waals surface area contributed by atoms with Gasteiger partial charge in [0.05, 0.1) is 39.6 Å². The summed E-state index contributed by atoms with van der Waals surface area (Å²) >= 11 is 0. The summed E-state index contributed by atoms with van der Waals surface area (Å²) in [5.74, 6) is 1.71. The van der Waals surface area contributed by atoms with E-state index >= 15 is 0 Å². The lowest BCUT2D eigenvalue weighted by atomic mass is 9.90. The van der Waals surface area contributed by atoms with Gasteiger partial charge in [0.2, 0.25) is 11.7 Å². The van der Waals surface area contributed by atoms with Gasteiger partial charge >= 0.3 is 0 Å². The summed E-state index contributed by atoms with van der Waals surface area (Å²) in [7, 11) is 6.45. The maximum atomic E-state index is 11.9. The van der Waals surface area contributed by atoms with E-state index in [0.29, 0.717) is 36.5 Å². The fourth-order valence-electron chi connectivity index (χ4n) is 4.65. The third kappa shape index (κ3) is 4.07. The number of aliphatic hydroxyl groups excluding tert-OH is 1. The fraction of sp³-hybridized carbons (Fsp3) is 0.591. The first kappa shape index (κ1) is 21.5. The van der Waals surface area contributed by atoms with E-state index in [1.54, 1.807) is 28.4 Å². The summed E-state index contributed by atoms with van der Waals surface area (Å²) in [6, 6.07) is 1.84. The summed E-state index contributed by atoms with van der Waals surface area (Å²) in [6.45, 7) is 1.52. The van der Waals surface area contributed by atoms with Crippen LogP contribution in [0.3, 0.4) is 0 Å². The van der Waals surface area contributed by atoms with Gasteiger partial charge in [-0.25, -0.2) is 0 Å². The predicted octanol–water partition coefficient (Wildman–Crippen LogP) is 2.48. The van der Waals surface area contributed by atoms with Crippen LogP contribution < -0.4 is 19.5 Å². The molecule has 2 aliphatic carbocycles. The molecule has 3 atom stereocenters. The highest BCUT2D eigenvalue weighted by Crippen LogP contribution is 2.49. The Morgan fingerprint density at radius 2 is 1.79 bits per heavy atom. The molecular formula is C22H31NO6. The first-order valence-corrected chi connectivity index (χ1v) is 9.97. The molecule has 0 aromatic heterocycles. The molecule has 0 fully saturated rings. The van der Waals surface area contributed by atoms with E-state index in [9.17, 15) is 9.90 Å². The van der Waals surface area contributed by atoms with Crippen molar-refractivity contribution in [1.29, 1.82) is 0 Å². The van der Waals surface area contributed by atoms with Crippen molar-refractivity contribution in [3.63, 3.8) is 0 Å². The quantitative estimate of drug-likeness (QED) is 0.783. The van der Waals surface area contributed by atoms with E-state index in [4.69, 9.17) is 18.9 Å². The Morgan fingerprint density at radius 1 is 1.07 bits per heavy atom. The smallest absolute Gasteiger partial charge is 0.217 e. The average Bonchev–Trinajstić information content (AvgIpc) is 2.95. The number of fused-ring (bicyclic) bond motifs is 2. The Labute approximate surface area is 172 Å². The summed E-state index contributed by atoms with van der Waals surface area (Å²) in [6.07, 6.45) is 2.42. The lowest BCUT2D eigenvalue weighted by Gasteiger charge is -2.24. The molecule has 7 nitrogen and oxygen atoms in total. The van der Waals surface area contributed by atoms with Crippen LogP contribution in [0.5, 0.6) is 17.2 Å². The number of benzene rings is 1. The van der Waals surface area contributed by atoms with E-state index in [1.165, 1.54) is 6.92 Å². The van der Waals surface area contributed by atoms with Crippen LogP contribution in [0.1, 0.15) is 43.7 Å². The summed E-state index contributed by atoms with van der Waals surface area (Å²) < 4.78 is 22.5. The molecule has 0 aliphatic heterocycles. The van der Waals surface area contributed by atoms with Crippen LogP contribution >= 0.6 is 0 Å². The van der Waals surface area contributed by atoms with Crippen LogP contribution in [0.25, 0.3) is 5.57 Å². The molecule has 0 heterocycles. The number of aliphatic hydroxyl groups is 1. The zero-order chi connectivity index (χ0) is 21.1. The second kappa shape index (κ2) is 9.05. The van der Waals surface area contributed by atoms with Gasteiger partial charge in [-0.2, -0.15) is 0 Å². The van der Waals surface area contributed by atoms with Crippen molar-refractivity contribution in [3.8, 4) is 17.2 Å². The molecule has 0 radical (unpaired) electrons. The number of hydrogen-bond acceptors (Lipinski definition) is 6. The largest absolute Gasteiger partial charge is 0.493 e. The third-order valence-corrected chi connectivity index (χ3v) is 5.94. The summed E-state index contributed by atoms with van der Waals surface area (Å²) in [4.78, 5) is 11.9. The highest BCUT2D eigenvalue weighted by molar-refractivity contribution is 5.82. The Kier molecular flexibility index (Phi) is 6.70. The van der Waals surface area contributed by atoms with Gasteiger partial charge in [0.1, 0.15) is 0 Å². The van der Waals surface area contributed by atoms with Gasteiger partial charge in [0.25, 0.3) is 0 Å². The molecule has 2 N–H and O–H groups in total. The van der Waals surface area contributed by atoms with Crippen molar-refractivity contribution in [2.45, 2.75) is 57.3 Å². The first-order valence-electron chi connectivity index (χ1n) is 9.97. The highest BCUT2D eigenvalue weighted by atomic mass is 16.5. The predicted molar refractivity (Wildman–Crippen MR) is 110 cm³/mol. The molecule has 3 unspecified atom stereocenters. The van der Waals surface area contributed by atoms with Crippen LogP contribution in [-0.4, -0.2) is 57.7 Å². The van der Waals surface area contributed by atoms with E-state index in [1.807, 2.05) is 6.07 Å². The van der Waals surface area contributed by atoms with Gasteiger partial charge in [-0.15, -0.1) is 0 Å². The number of rotatable bonds is 5. The number of aryl methyl sites for hydroxylation is 1. The number of carbonyl (C=O) groups is 1. The average molecular weight is 405 g/mol. The molecule has 29 heavy (non-hydrogen) atoms. The van der Waals surface area contributed by atoms with E-state index in [-0.39, 0.29) is 18.1 Å². The molecule has 3 rings (SSSR count). The normalized spacial score (nSPS) is 24.0. The van der Waals surface area contributed by atoms with Crippen molar-refractivity contribution >= 4 is 11.5 Å². The van der Waals surface area contributed by atoms with Gasteiger partial charge in [-0.05, 0) is 54.9 Å². The van der Waals surface area contributed by atoms with Crippen LogP contribution in [0, 0.1) is 0 Å². The van der Waals surface area contributed by atoms with Crippen LogP contribution in [-0.2, 0) is 16.0 Å². The van der Waals surface area contributed by atoms with Gasteiger partial charge in [-0.3, -0.25) is 4.79 Å². The van der Waals surface area contributed by atoms with Crippen molar-refractivity contribution in [3.05, 3.63) is 22.8 Å². The SMILES string of the molecule is COc1cc2c(c(OC)c1OC)C1=C(CC(O)C(OC)CC1)C(NC(C)=O)CC2. The standard InChI is InChI=1S/C22H31NO6/c1-12(24)23-16-8-6-13-10-19(27-3)21(28-4)22(29-5)20(13)14-7-9-18(26-2)17(25)11-15(14)16/h10,16-18,25H,6-9,11H2,1-5H3,(H,23,24). The summed E-state index contributed by atoms with van der Waals surface area (Å²) in [5.41, 5.74) is 4.20. The first-order chi connectivity index (χ1) is 13.9. The molecular weight excluding hydrogens is 374 g/mol. The van der Waals surface area contributed by atoms with Crippen molar-refractivity contribution in [2.24, 2.45) is 0 Å². The Hall–Kier alpha value is -2.25. The molecule has 0 saturated carbocycles. The van der Waals surface area contributed by atoms with Crippen LogP contribution in [0.4, 0.5) is 0 Å². The minimum Gasteiger partial charge on any atom is -0.493 e. The number of ether oxygens (including phenoxy) is 4. The molecule has 1 aromatic rings. The van der Waals surface area contributed by atoms with Gasteiger partial charge < -0.3 is 29.4 Å². The molecule has 2 aliphatic rings. The van der Waals surface area contributed by atoms with E-state index in [0.717, 1.165) is 35.1 Å². The number of amides is 1. The zero-order valence-corrected chi connectivity index (χ0v) is 17.8. The molecule has 0 bridgehead atoms. The number of carbonyl (C=O) groups excluding carboxylic acids is 1. The van der Waals surface area contributed by atoms with Crippen molar-refractivity contribution in [1.82, 2.24) is 5.32 Å². The molecule has 0 spiro atoms. The van der Waals surface area contributed by atoms with Crippen LogP contribution in [0.15, 0.2) is 11.6 Å². The number of hydrogen-bond donors (Lipinski definition) is 2. The molecule has 7 heteroatoms. The number of methoxy groups -OCH3 is 4. The number of allylic oxidation sites excluding steroid dienone is 1. The number of nitrogens with one attached hydrogen (secondary N) is 1. The molecule has 0 saturated heterocycles. The van der Waals surface area contributed by atoms with Gasteiger partial charge in [0.15, 0.2) is 11.5 Å². The second-order valence-electron chi connectivity index (χ2n) is 7.56. The summed E-state index contributed by atoms with van der Waals surface area (Å²) in [5, 5.41) is 13.8. The Balaban J connectivity index is 2.24. The van der Waals surface area contributed by atoms with E-state index in [2.05, 4.69) is 5.32 Å². The zero-order valence-electron chi connectivity index (χ0n) is 17.8. The molecule has 1 amide bonds. The third-order valence-electron chi connectivity index (χ3n) is 5.94. The maximum absolute atomic E-state index is 11.9.